The van der Waals surface area contributed by atoms with E-state index < -0.39 is 0 Å². The van der Waals surface area contributed by atoms with Crippen LogP contribution in [0.5, 0.6) is 11.5 Å². The Hall–Kier alpha value is -3.88. The minimum absolute atomic E-state index is 0.0430. The molecule has 0 aliphatic carbocycles. The second kappa shape index (κ2) is 8.93. The van der Waals surface area contributed by atoms with E-state index in [1.807, 2.05) is 18.2 Å². The lowest BCUT2D eigenvalue weighted by Gasteiger charge is -2.31. The Morgan fingerprint density at radius 1 is 1.00 bits per heavy atom. The number of hydrogen-bond donors (Lipinski definition) is 1. The number of likely N-dealkylation sites (tertiary alicyclic amines) is 1. The van der Waals surface area contributed by atoms with Gasteiger partial charge in [-0.2, -0.15) is 4.98 Å². The summed E-state index contributed by atoms with van der Waals surface area (Å²) in [5.41, 5.74) is 2.07. The molecule has 33 heavy (non-hydrogen) atoms. The molecule has 0 bridgehead atoms. The largest absolute Gasteiger partial charge is 0.486 e. The van der Waals surface area contributed by atoms with Gasteiger partial charge in [0, 0.05) is 48.8 Å². The summed E-state index contributed by atoms with van der Waals surface area (Å²) in [6.07, 6.45) is 1.23. The van der Waals surface area contributed by atoms with Gasteiger partial charge in [0.1, 0.15) is 13.2 Å². The number of fused-ring (bicyclic) bond motifs is 1. The van der Waals surface area contributed by atoms with Crippen LogP contribution in [0, 0.1) is 12.8 Å². The Bertz CT molecular complexity index is 1170. The fraction of sp³-hybridized carbons (Fsp3) is 0.333. The van der Waals surface area contributed by atoms with Crippen LogP contribution in [-0.4, -0.2) is 53.2 Å². The molecule has 0 saturated carbocycles. The van der Waals surface area contributed by atoms with Crippen molar-refractivity contribution in [1.29, 1.82) is 0 Å². The molecule has 0 spiro atoms. The van der Waals surface area contributed by atoms with E-state index in [0.717, 1.165) is 5.56 Å². The van der Waals surface area contributed by atoms with E-state index in [0.29, 0.717) is 73.6 Å². The summed E-state index contributed by atoms with van der Waals surface area (Å²) in [6, 6.07) is 12.6. The van der Waals surface area contributed by atoms with E-state index in [1.165, 1.54) is 0 Å². The number of carbonyl (C=O) groups is 2. The molecule has 2 amide bonds. The van der Waals surface area contributed by atoms with Crippen molar-refractivity contribution in [2.45, 2.75) is 19.8 Å². The second-order valence-electron chi connectivity index (χ2n) is 8.13. The Morgan fingerprint density at radius 2 is 1.73 bits per heavy atom. The molecule has 1 N–H and O–H groups in total. The van der Waals surface area contributed by atoms with Gasteiger partial charge in [-0.05, 0) is 37.1 Å². The number of amides is 2. The maximum Gasteiger partial charge on any atom is 0.253 e. The third-order valence-electron chi connectivity index (χ3n) is 5.88. The van der Waals surface area contributed by atoms with E-state index in [4.69, 9.17) is 14.0 Å². The predicted molar refractivity (Wildman–Crippen MR) is 119 cm³/mol. The average Bonchev–Trinajstić information content (AvgIpc) is 3.30. The highest BCUT2D eigenvalue weighted by atomic mass is 16.6. The zero-order valence-corrected chi connectivity index (χ0v) is 18.2. The zero-order chi connectivity index (χ0) is 22.8. The minimum atomic E-state index is -0.147. The van der Waals surface area contributed by atoms with E-state index in [2.05, 4.69) is 15.5 Å². The Balaban J connectivity index is 1.16. The van der Waals surface area contributed by atoms with Crippen LogP contribution in [0.1, 0.15) is 29.1 Å². The lowest BCUT2D eigenvalue weighted by atomic mass is 9.95. The maximum atomic E-state index is 12.9. The quantitative estimate of drug-likeness (QED) is 0.653. The number of ether oxygens (including phenoxy) is 2. The van der Waals surface area contributed by atoms with Gasteiger partial charge in [-0.25, -0.2) is 0 Å². The highest BCUT2D eigenvalue weighted by Crippen LogP contribution is 2.33. The molecular weight excluding hydrogens is 424 g/mol. The number of anilines is 1. The first-order valence-corrected chi connectivity index (χ1v) is 11.0. The van der Waals surface area contributed by atoms with Crippen LogP contribution in [0.15, 0.2) is 47.0 Å². The van der Waals surface area contributed by atoms with E-state index in [9.17, 15) is 9.59 Å². The molecule has 3 heterocycles. The molecule has 2 aliphatic heterocycles. The molecule has 9 nitrogen and oxygen atoms in total. The van der Waals surface area contributed by atoms with Crippen LogP contribution in [0.4, 0.5) is 5.69 Å². The molecule has 5 rings (SSSR count). The van der Waals surface area contributed by atoms with E-state index in [-0.39, 0.29) is 17.7 Å². The number of rotatable bonds is 4. The molecular formula is C24H24N4O5. The van der Waals surface area contributed by atoms with Crippen molar-refractivity contribution in [3.8, 4) is 22.9 Å². The topological polar surface area (TPSA) is 107 Å². The third-order valence-corrected chi connectivity index (χ3v) is 5.88. The summed E-state index contributed by atoms with van der Waals surface area (Å²) < 4.78 is 16.1. The molecule has 0 atom stereocenters. The van der Waals surface area contributed by atoms with Gasteiger partial charge in [-0.15, -0.1) is 0 Å². The normalized spacial score (nSPS) is 15.8. The predicted octanol–water partition coefficient (Wildman–Crippen LogP) is 3.31. The summed E-state index contributed by atoms with van der Waals surface area (Å²) in [4.78, 5) is 31.6. The van der Waals surface area contributed by atoms with Crippen molar-refractivity contribution in [1.82, 2.24) is 15.0 Å². The van der Waals surface area contributed by atoms with Crippen LogP contribution < -0.4 is 14.8 Å². The lowest BCUT2D eigenvalue weighted by molar-refractivity contribution is -0.121. The Morgan fingerprint density at radius 3 is 2.42 bits per heavy atom. The first-order valence-electron chi connectivity index (χ1n) is 11.0. The van der Waals surface area contributed by atoms with Crippen LogP contribution in [0.2, 0.25) is 0 Å². The molecule has 9 heteroatoms. The monoisotopic (exact) mass is 448 g/mol. The molecule has 1 saturated heterocycles. The van der Waals surface area contributed by atoms with Crippen molar-refractivity contribution in [2.75, 3.05) is 31.6 Å². The van der Waals surface area contributed by atoms with Crippen molar-refractivity contribution in [3.63, 3.8) is 0 Å². The number of hydrogen-bond acceptors (Lipinski definition) is 7. The van der Waals surface area contributed by atoms with Gasteiger partial charge in [0.2, 0.25) is 17.6 Å². The van der Waals surface area contributed by atoms with Gasteiger partial charge >= 0.3 is 0 Å². The molecule has 0 unspecified atom stereocenters. The van der Waals surface area contributed by atoms with Gasteiger partial charge in [0.05, 0.1) is 0 Å². The smallest absolute Gasteiger partial charge is 0.253 e. The van der Waals surface area contributed by atoms with Gasteiger partial charge in [-0.1, -0.05) is 17.3 Å². The van der Waals surface area contributed by atoms with Crippen molar-refractivity contribution in [3.05, 3.63) is 53.9 Å². The van der Waals surface area contributed by atoms with Gasteiger partial charge in [0.15, 0.2) is 11.5 Å². The number of nitrogens with one attached hydrogen (secondary N) is 1. The zero-order valence-electron chi connectivity index (χ0n) is 18.2. The highest BCUT2D eigenvalue weighted by molar-refractivity contribution is 5.95. The summed E-state index contributed by atoms with van der Waals surface area (Å²) in [6.45, 7) is 3.82. The van der Waals surface area contributed by atoms with Crippen LogP contribution in [-0.2, 0) is 4.79 Å². The van der Waals surface area contributed by atoms with Crippen molar-refractivity contribution >= 4 is 17.5 Å². The number of nitrogens with zero attached hydrogens (tertiary/aromatic N) is 3. The molecule has 1 aromatic heterocycles. The SMILES string of the molecule is Cc1nc(-c2ccc(C(=O)N3CCC(C(=O)Nc4ccc5c(c4)OCCO5)CC3)cc2)no1. The number of aromatic nitrogens is 2. The molecule has 170 valence electrons. The molecule has 2 aliphatic rings. The van der Waals surface area contributed by atoms with Crippen LogP contribution in [0.3, 0.4) is 0 Å². The summed E-state index contributed by atoms with van der Waals surface area (Å²) in [5, 5.41) is 6.86. The summed E-state index contributed by atoms with van der Waals surface area (Å²) in [7, 11) is 0. The maximum absolute atomic E-state index is 12.9. The minimum Gasteiger partial charge on any atom is -0.486 e. The number of carbonyl (C=O) groups excluding carboxylic acids is 2. The van der Waals surface area contributed by atoms with Gasteiger partial charge < -0.3 is 24.2 Å². The average molecular weight is 448 g/mol. The molecule has 3 aromatic rings. The first-order chi connectivity index (χ1) is 16.1. The van der Waals surface area contributed by atoms with E-state index in [1.54, 1.807) is 36.1 Å². The van der Waals surface area contributed by atoms with Gasteiger partial charge in [-0.3, -0.25) is 9.59 Å². The lowest BCUT2D eigenvalue weighted by Crippen LogP contribution is -2.41. The fourth-order valence-electron chi connectivity index (χ4n) is 4.07. The number of aryl methyl sites for hydroxylation is 1. The number of piperidine rings is 1. The second-order valence-corrected chi connectivity index (χ2v) is 8.13. The third kappa shape index (κ3) is 4.52. The summed E-state index contributed by atoms with van der Waals surface area (Å²) in [5.74, 6) is 2.08. The molecule has 0 radical (unpaired) electrons. The number of benzene rings is 2. The fourth-order valence-corrected chi connectivity index (χ4v) is 4.07. The van der Waals surface area contributed by atoms with Crippen LogP contribution in [0.25, 0.3) is 11.4 Å². The van der Waals surface area contributed by atoms with Crippen molar-refractivity contribution in [2.24, 2.45) is 5.92 Å². The highest BCUT2D eigenvalue weighted by Gasteiger charge is 2.28. The molecule has 1 fully saturated rings. The first kappa shape index (κ1) is 21.0. The molecule has 2 aromatic carbocycles. The van der Waals surface area contributed by atoms with Crippen molar-refractivity contribution < 1.29 is 23.6 Å². The van der Waals surface area contributed by atoms with Crippen LogP contribution >= 0.6 is 0 Å². The van der Waals surface area contributed by atoms with Gasteiger partial charge in [0.25, 0.3) is 5.91 Å². The summed E-state index contributed by atoms with van der Waals surface area (Å²) >= 11 is 0. The van der Waals surface area contributed by atoms with E-state index >= 15 is 0 Å². The Kier molecular flexibility index (Phi) is 5.68. The Labute approximate surface area is 190 Å². The standard InChI is InChI=1S/C24H24N4O5/c1-15-25-22(27-33-15)16-2-4-18(5-3-16)24(30)28-10-8-17(9-11-28)23(29)26-19-6-7-20-21(14-19)32-13-12-31-20/h2-7,14,17H,8-13H2,1H3,(H,26,29).